The summed E-state index contributed by atoms with van der Waals surface area (Å²) in [4.78, 5) is 15.8. The van der Waals surface area contributed by atoms with E-state index < -0.39 is 0 Å². The molecular weight excluding hydrogens is 298 g/mol. The minimum atomic E-state index is 0.0837. The number of amides is 1. The van der Waals surface area contributed by atoms with Crippen molar-refractivity contribution < 1.29 is 14.3 Å². The third-order valence-electron chi connectivity index (χ3n) is 4.05. The Morgan fingerprint density at radius 1 is 1.41 bits per heavy atom. The Balaban J connectivity index is 2.01. The second kappa shape index (κ2) is 6.36. The summed E-state index contributed by atoms with van der Waals surface area (Å²) in [6.07, 6.45) is 0.0837. The van der Waals surface area contributed by atoms with Crippen LogP contribution in [0.1, 0.15) is 29.1 Å². The van der Waals surface area contributed by atoms with E-state index in [9.17, 15) is 4.79 Å². The number of carbonyl (C=O) groups excluding carboxylic acids is 1. The van der Waals surface area contributed by atoms with Gasteiger partial charge in [-0.1, -0.05) is 18.2 Å². The van der Waals surface area contributed by atoms with Gasteiger partial charge in [0, 0.05) is 23.9 Å². The minimum absolute atomic E-state index is 0.0837. The summed E-state index contributed by atoms with van der Waals surface area (Å²) in [7, 11) is 1.67. The summed E-state index contributed by atoms with van der Waals surface area (Å²) in [5, 5.41) is 1.12. The molecule has 5 heteroatoms. The number of hydrogen-bond acceptors (Lipinski definition) is 4. The van der Waals surface area contributed by atoms with E-state index in [1.807, 2.05) is 30.9 Å². The molecule has 0 radical (unpaired) electrons. The number of benzene rings is 1. The van der Waals surface area contributed by atoms with E-state index in [0.717, 1.165) is 20.5 Å². The number of rotatable bonds is 3. The number of nitrogens with zero attached hydrogens (tertiary/aromatic N) is 1. The molecule has 1 amide bonds. The summed E-state index contributed by atoms with van der Waals surface area (Å²) in [5.41, 5.74) is 0.999. The largest absolute Gasteiger partial charge is 0.380 e. The van der Waals surface area contributed by atoms with Crippen molar-refractivity contribution in [2.75, 3.05) is 20.3 Å². The Kier molecular flexibility index (Phi) is 4.47. The van der Waals surface area contributed by atoms with E-state index in [1.165, 1.54) is 0 Å². The molecule has 0 bridgehead atoms. The molecule has 0 N–H and O–H groups in total. The number of morpholine rings is 1. The van der Waals surface area contributed by atoms with Crippen LogP contribution in [0.2, 0.25) is 0 Å². The van der Waals surface area contributed by atoms with Crippen molar-refractivity contribution in [2.24, 2.45) is 0 Å². The van der Waals surface area contributed by atoms with E-state index in [4.69, 9.17) is 9.47 Å². The molecule has 0 saturated carbocycles. The molecule has 0 unspecified atom stereocenters. The lowest BCUT2D eigenvalue weighted by atomic mass is 10.1. The maximum absolute atomic E-state index is 13.0. The van der Waals surface area contributed by atoms with Gasteiger partial charge < -0.3 is 14.4 Å². The van der Waals surface area contributed by atoms with Gasteiger partial charge in [-0.25, -0.2) is 0 Å². The van der Waals surface area contributed by atoms with Crippen LogP contribution < -0.4 is 0 Å². The van der Waals surface area contributed by atoms with Crippen molar-refractivity contribution in [3.05, 3.63) is 34.7 Å². The van der Waals surface area contributed by atoms with Crippen molar-refractivity contribution in [1.29, 1.82) is 0 Å². The van der Waals surface area contributed by atoms with Gasteiger partial charge in [0.05, 0.1) is 30.2 Å². The fraction of sp³-hybridized carbons (Fsp3) is 0.471. The number of ether oxygens (including phenoxy) is 2. The van der Waals surface area contributed by atoms with E-state index in [1.54, 1.807) is 18.4 Å². The summed E-state index contributed by atoms with van der Waals surface area (Å²) in [6, 6.07) is 8.22. The highest BCUT2D eigenvalue weighted by Gasteiger charge is 2.31. The predicted octanol–water partition coefficient (Wildman–Crippen LogP) is 3.30. The van der Waals surface area contributed by atoms with Crippen LogP contribution in [0.15, 0.2) is 24.3 Å². The highest BCUT2D eigenvalue weighted by molar-refractivity contribution is 7.21. The molecule has 2 aromatic rings. The van der Waals surface area contributed by atoms with E-state index >= 15 is 0 Å². The summed E-state index contributed by atoms with van der Waals surface area (Å²) < 4.78 is 12.1. The second-order valence-corrected chi connectivity index (χ2v) is 6.84. The zero-order valence-electron chi connectivity index (χ0n) is 13.2. The Hall–Kier alpha value is -1.43. The van der Waals surface area contributed by atoms with Crippen LogP contribution in [0, 0.1) is 0 Å². The van der Waals surface area contributed by atoms with Gasteiger partial charge in [-0.15, -0.1) is 11.3 Å². The average Bonchev–Trinajstić information content (AvgIpc) is 2.88. The average molecular weight is 319 g/mol. The Morgan fingerprint density at radius 2 is 2.18 bits per heavy atom. The lowest BCUT2D eigenvalue weighted by molar-refractivity contribution is -0.0386. The number of fused-ring (bicyclic) bond motifs is 1. The second-order valence-electron chi connectivity index (χ2n) is 5.79. The quantitative estimate of drug-likeness (QED) is 0.871. The lowest BCUT2D eigenvalue weighted by Gasteiger charge is -2.36. The molecule has 1 fully saturated rings. The first-order chi connectivity index (χ1) is 10.6. The van der Waals surface area contributed by atoms with Gasteiger partial charge in [0.25, 0.3) is 5.91 Å². The first-order valence-corrected chi connectivity index (χ1v) is 8.35. The molecule has 0 aliphatic carbocycles. The van der Waals surface area contributed by atoms with Crippen LogP contribution in [-0.2, 0) is 16.1 Å². The maximum atomic E-state index is 13.0. The standard InChI is InChI=1S/C17H21NO3S/c1-11-9-21-12(2)8-18(11)17(19)16-14(10-20-3)13-6-4-5-7-15(13)22-16/h4-7,11-12H,8-10H2,1-3H3/t11-,12+/m1/s1. The van der Waals surface area contributed by atoms with Crippen LogP contribution in [0.3, 0.4) is 0 Å². The molecule has 2 heterocycles. The minimum Gasteiger partial charge on any atom is -0.380 e. The van der Waals surface area contributed by atoms with Gasteiger partial charge in [0.15, 0.2) is 0 Å². The summed E-state index contributed by atoms with van der Waals surface area (Å²) in [5.74, 6) is 0.0934. The highest BCUT2D eigenvalue weighted by Crippen LogP contribution is 2.33. The molecule has 2 atom stereocenters. The first-order valence-electron chi connectivity index (χ1n) is 7.53. The van der Waals surface area contributed by atoms with E-state index in [2.05, 4.69) is 12.1 Å². The monoisotopic (exact) mass is 319 g/mol. The molecule has 4 nitrogen and oxygen atoms in total. The molecular formula is C17H21NO3S. The van der Waals surface area contributed by atoms with E-state index in [0.29, 0.717) is 19.8 Å². The van der Waals surface area contributed by atoms with Crippen molar-refractivity contribution >= 4 is 27.3 Å². The Morgan fingerprint density at radius 3 is 2.95 bits per heavy atom. The van der Waals surface area contributed by atoms with Gasteiger partial charge in [-0.2, -0.15) is 0 Å². The van der Waals surface area contributed by atoms with Crippen molar-refractivity contribution in [3.63, 3.8) is 0 Å². The normalized spacial score (nSPS) is 22.2. The van der Waals surface area contributed by atoms with Gasteiger partial charge in [0.2, 0.25) is 0 Å². The molecule has 1 aliphatic rings. The fourth-order valence-electron chi connectivity index (χ4n) is 2.88. The topological polar surface area (TPSA) is 38.8 Å². The zero-order valence-corrected chi connectivity index (χ0v) is 14.0. The molecule has 1 saturated heterocycles. The molecule has 118 valence electrons. The van der Waals surface area contributed by atoms with Crippen molar-refractivity contribution in [1.82, 2.24) is 4.90 Å². The molecule has 0 spiro atoms. The van der Waals surface area contributed by atoms with Crippen LogP contribution in [0.5, 0.6) is 0 Å². The number of carbonyl (C=O) groups is 1. The van der Waals surface area contributed by atoms with Crippen LogP contribution in [-0.4, -0.2) is 43.2 Å². The molecule has 1 aromatic carbocycles. The van der Waals surface area contributed by atoms with Gasteiger partial charge in [0.1, 0.15) is 0 Å². The zero-order chi connectivity index (χ0) is 15.7. The Labute approximate surface area is 134 Å². The predicted molar refractivity (Wildman–Crippen MR) is 88.5 cm³/mol. The van der Waals surface area contributed by atoms with Gasteiger partial charge >= 0.3 is 0 Å². The maximum Gasteiger partial charge on any atom is 0.264 e. The lowest BCUT2D eigenvalue weighted by Crippen LogP contribution is -2.50. The van der Waals surface area contributed by atoms with Crippen LogP contribution in [0.25, 0.3) is 10.1 Å². The third kappa shape index (κ3) is 2.76. The molecule has 22 heavy (non-hydrogen) atoms. The summed E-state index contributed by atoms with van der Waals surface area (Å²) >= 11 is 1.56. The smallest absolute Gasteiger partial charge is 0.264 e. The molecule has 3 rings (SSSR count). The van der Waals surface area contributed by atoms with Crippen LogP contribution >= 0.6 is 11.3 Å². The SMILES string of the molecule is COCc1c(C(=O)N2C[C@H](C)OC[C@H]2C)sc2ccccc12. The first kappa shape index (κ1) is 15.5. The Bertz CT molecular complexity index is 682. The van der Waals surface area contributed by atoms with Gasteiger partial charge in [-0.3, -0.25) is 4.79 Å². The fourth-order valence-corrected chi connectivity index (χ4v) is 4.04. The van der Waals surface area contributed by atoms with Crippen molar-refractivity contribution in [2.45, 2.75) is 32.6 Å². The van der Waals surface area contributed by atoms with Crippen molar-refractivity contribution in [3.8, 4) is 0 Å². The third-order valence-corrected chi connectivity index (χ3v) is 5.25. The summed E-state index contributed by atoms with van der Waals surface area (Å²) in [6.45, 7) is 5.73. The van der Waals surface area contributed by atoms with E-state index in [-0.39, 0.29) is 18.1 Å². The highest BCUT2D eigenvalue weighted by atomic mass is 32.1. The molecule has 1 aromatic heterocycles. The number of thiophene rings is 1. The van der Waals surface area contributed by atoms with Crippen LogP contribution in [0.4, 0.5) is 0 Å². The van der Waals surface area contributed by atoms with Gasteiger partial charge in [-0.05, 0) is 25.3 Å². The number of methoxy groups -OCH3 is 1. The number of hydrogen-bond donors (Lipinski definition) is 0. The molecule has 1 aliphatic heterocycles.